The van der Waals surface area contributed by atoms with E-state index in [1.807, 2.05) is 6.08 Å². The van der Waals surface area contributed by atoms with Crippen molar-refractivity contribution < 1.29 is 23.1 Å². The number of benzene rings is 1. The zero-order chi connectivity index (χ0) is 20.5. The van der Waals surface area contributed by atoms with Crippen LogP contribution in [0.4, 0.5) is 10.5 Å². The van der Waals surface area contributed by atoms with Gasteiger partial charge in [-0.3, -0.25) is 0 Å². The maximum Gasteiger partial charge on any atom is 0.319 e. The second-order valence-electron chi connectivity index (χ2n) is 7.16. The number of nitrogens with one attached hydrogen (secondary N) is 2. The Labute approximate surface area is 174 Å². The van der Waals surface area contributed by atoms with Crippen molar-refractivity contribution in [1.29, 1.82) is 0 Å². The predicted molar refractivity (Wildman–Crippen MR) is 108 cm³/mol. The first-order valence-electron chi connectivity index (χ1n) is 8.92. The molecule has 3 N–H and O–H groups in total. The number of hydrogen-bond donors (Lipinski definition) is 3. The Bertz CT molecular complexity index is 911. The van der Waals surface area contributed by atoms with Crippen molar-refractivity contribution in [2.75, 3.05) is 18.5 Å². The van der Waals surface area contributed by atoms with Crippen molar-refractivity contribution in [1.82, 2.24) is 5.32 Å². The van der Waals surface area contributed by atoms with Crippen LogP contribution in [0.3, 0.4) is 0 Å². The number of allylic oxidation sites excluding steroid dienone is 1. The molecule has 1 aromatic rings. The Kier molecular flexibility index (Phi) is 6.14. The number of anilines is 1. The first-order chi connectivity index (χ1) is 13.2. The summed E-state index contributed by atoms with van der Waals surface area (Å²) < 4.78 is 30.7. The Morgan fingerprint density at radius 1 is 1.29 bits per heavy atom. The third-order valence-electron chi connectivity index (χ3n) is 5.23. The molecule has 0 saturated carbocycles. The minimum absolute atomic E-state index is 0.0470. The number of urea groups is 1. The molecular weight excluding hydrogens is 427 g/mol. The van der Waals surface area contributed by atoms with Crippen molar-refractivity contribution in [3.63, 3.8) is 0 Å². The number of halogens is 2. The number of carbonyl (C=O) groups excluding carboxylic acids is 1. The monoisotopic (exact) mass is 448 g/mol. The fourth-order valence-corrected chi connectivity index (χ4v) is 5.96. The van der Waals surface area contributed by atoms with Gasteiger partial charge in [0.1, 0.15) is 4.90 Å². The van der Waals surface area contributed by atoms with E-state index in [1.54, 1.807) is 6.92 Å². The summed E-state index contributed by atoms with van der Waals surface area (Å²) in [6.45, 7) is 2.23. The van der Waals surface area contributed by atoms with Crippen molar-refractivity contribution in [2.45, 2.75) is 48.3 Å². The summed E-state index contributed by atoms with van der Waals surface area (Å²) in [5.74, 6) is -0.580. The molecule has 2 aliphatic rings. The second-order valence-corrected chi connectivity index (χ2v) is 10.4. The topological polar surface area (TPSA) is 105 Å². The van der Waals surface area contributed by atoms with Crippen LogP contribution in [0.5, 0.6) is 5.75 Å². The van der Waals surface area contributed by atoms with E-state index in [2.05, 4.69) is 10.6 Å². The SMILES string of the molecule is CC1(S(=O)(=O)c2c(Cl)ccc(NC(=O)NC3CCC=C3Cl)c2O)CCOCC1. The van der Waals surface area contributed by atoms with Gasteiger partial charge < -0.3 is 20.5 Å². The van der Waals surface area contributed by atoms with Gasteiger partial charge in [0.2, 0.25) is 0 Å². The fraction of sp³-hybridized carbons (Fsp3) is 0.500. The van der Waals surface area contributed by atoms with Crippen LogP contribution in [0, 0.1) is 0 Å². The van der Waals surface area contributed by atoms with Crippen molar-refractivity contribution >= 4 is 44.8 Å². The summed E-state index contributed by atoms with van der Waals surface area (Å²) in [4.78, 5) is 11.9. The molecule has 10 heteroatoms. The highest BCUT2D eigenvalue weighted by molar-refractivity contribution is 7.93. The highest BCUT2D eigenvalue weighted by Crippen LogP contribution is 2.44. The first-order valence-corrected chi connectivity index (χ1v) is 11.2. The van der Waals surface area contributed by atoms with Gasteiger partial charge in [-0.15, -0.1) is 0 Å². The number of hydrogen-bond acceptors (Lipinski definition) is 5. The summed E-state index contributed by atoms with van der Waals surface area (Å²) in [6.07, 6.45) is 3.84. The lowest BCUT2D eigenvalue weighted by molar-refractivity contribution is 0.0788. The van der Waals surface area contributed by atoms with E-state index >= 15 is 0 Å². The Morgan fingerprint density at radius 3 is 2.57 bits per heavy atom. The predicted octanol–water partition coefficient (Wildman–Crippen LogP) is 3.80. The highest BCUT2D eigenvalue weighted by Gasteiger charge is 2.44. The van der Waals surface area contributed by atoms with Gasteiger partial charge in [-0.2, -0.15) is 0 Å². The molecule has 1 heterocycles. The van der Waals surface area contributed by atoms with Gasteiger partial charge in [0.15, 0.2) is 15.6 Å². The number of ether oxygens (including phenoxy) is 1. The van der Waals surface area contributed by atoms with E-state index in [0.29, 0.717) is 24.7 Å². The smallest absolute Gasteiger partial charge is 0.319 e. The summed E-state index contributed by atoms with van der Waals surface area (Å²) in [6, 6.07) is 1.79. The lowest BCUT2D eigenvalue weighted by Crippen LogP contribution is -2.41. The van der Waals surface area contributed by atoms with Crippen LogP contribution in [-0.4, -0.2) is 43.6 Å². The molecular formula is C18H22Cl2N2O5S. The highest BCUT2D eigenvalue weighted by atomic mass is 35.5. The average Bonchev–Trinajstić information content (AvgIpc) is 3.02. The molecule has 154 valence electrons. The van der Waals surface area contributed by atoms with Gasteiger partial charge in [-0.05, 0) is 44.7 Å². The molecule has 1 saturated heterocycles. The molecule has 1 atom stereocenters. The number of phenols is 1. The minimum Gasteiger partial charge on any atom is -0.504 e. The Morgan fingerprint density at radius 2 is 1.96 bits per heavy atom. The molecule has 0 bridgehead atoms. The molecule has 7 nitrogen and oxygen atoms in total. The third-order valence-corrected chi connectivity index (χ3v) is 8.73. The standard InChI is InChI=1S/C18H22Cl2N2O5S/c1-18(7-9-27-10-8-18)28(25,26)16-12(20)5-6-14(15(16)23)22-17(24)21-13-4-2-3-11(13)19/h3,5-6,13,23H,2,4,7-10H2,1H3,(H2,21,22,24). The molecule has 0 aromatic heterocycles. The van der Waals surface area contributed by atoms with E-state index in [0.717, 1.165) is 6.42 Å². The minimum atomic E-state index is -3.98. The lowest BCUT2D eigenvalue weighted by Gasteiger charge is -2.33. The van der Waals surface area contributed by atoms with E-state index < -0.39 is 26.4 Å². The lowest BCUT2D eigenvalue weighted by atomic mass is 10.0. The van der Waals surface area contributed by atoms with E-state index in [1.165, 1.54) is 12.1 Å². The number of amides is 2. The average molecular weight is 449 g/mol. The van der Waals surface area contributed by atoms with Gasteiger partial charge in [0.05, 0.1) is 21.5 Å². The van der Waals surface area contributed by atoms with E-state index in [4.69, 9.17) is 27.9 Å². The van der Waals surface area contributed by atoms with Crippen molar-refractivity contribution in [3.05, 3.63) is 28.3 Å². The number of sulfone groups is 1. The second kappa shape index (κ2) is 8.10. The van der Waals surface area contributed by atoms with E-state index in [9.17, 15) is 18.3 Å². The summed E-state index contributed by atoms with van der Waals surface area (Å²) in [5.41, 5.74) is -0.0470. The molecule has 1 aliphatic heterocycles. The largest absolute Gasteiger partial charge is 0.504 e. The van der Waals surface area contributed by atoms with Crippen molar-refractivity contribution in [3.8, 4) is 5.75 Å². The molecule has 0 radical (unpaired) electrons. The maximum absolute atomic E-state index is 13.3. The van der Waals surface area contributed by atoms with Crippen LogP contribution in [0.1, 0.15) is 32.6 Å². The summed E-state index contributed by atoms with van der Waals surface area (Å²) in [5, 5.41) is 16.3. The maximum atomic E-state index is 13.3. The van der Waals surface area contributed by atoms with Crippen LogP contribution in [0.15, 0.2) is 28.1 Å². The molecule has 0 spiro atoms. The quantitative estimate of drug-likeness (QED) is 0.607. The van der Waals surface area contributed by atoms with Gasteiger partial charge >= 0.3 is 6.03 Å². The van der Waals surface area contributed by atoms with E-state index in [-0.39, 0.29) is 34.5 Å². The third kappa shape index (κ3) is 3.96. The van der Waals surface area contributed by atoms with Gasteiger partial charge in [-0.1, -0.05) is 29.3 Å². The van der Waals surface area contributed by atoms with Gasteiger partial charge in [-0.25, -0.2) is 13.2 Å². The van der Waals surface area contributed by atoms with Crippen molar-refractivity contribution in [2.24, 2.45) is 0 Å². The summed E-state index contributed by atoms with van der Waals surface area (Å²) in [7, 11) is -3.98. The van der Waals surface area contributed by atoms with Gasteiger partial charge in [0.25, 0.3) is 0 Å². The van der Waals surface area contributed by atoms with Crippen LogP contribution in [0.25, 0.3) is 0 Å². The molecule has 2 amide bonds. The number of aromatic hydroxyl groups is 1. The molecule has 28 heavy (non-hydrogen) atoms. The number of rotatable bonds is 4. The zero-order valence-electron chi connectivity index (χ0n) is 15.3. The van der Waals surface area contributed by atoms with Crippen LogP contribution >= 0.6 is 23.2 Å². The van der Waals surface area contributed by atoms with Crippen LogP contribution < -0.4 is 10.6 Å². The number of phenolic OH excluding ortho intramolecular Hbond substituents is 1. The first kappa shape index (κ1) is 21.2. The zero-order valence-corrected chi connectivity index (χ0v) is 17.6. The molecule has 1 unspecified atom stereocenters. The van der Waals surface area contributed by atoms with Gasteiger partial charge in [0, 0.05) is 18.2 Å². The number of carbonyl (C=O) groups is 1. The summed E-state index contributed by atoms with van der Waals surface area (Å²) >= 11 is 12.2. The molecule has 3 rings (SSSR count). The van der Waals surface area contributed by atoms with Crippen LogP contribution in [-0.2, 0) is 14.6 Å². The normalized spacial score (nSPS) is 21.8. The Hall–Kier alpha value is -1.48. The Balaban J connectivity index is 1.88. The van der Waals surface area contributed by atoms with Crippen LogP contribution in [0.2, 0.25) is 5.02 Å². The molecule has 1 aliphatic carbocycles. The molecule has 1 aromatic carbocycles. The fourth-order valence-electron chi connectivity index (χ4n) is 3.35. The molecule has 1 fully saturated rings.